The first kappa shape index (κ1) is 14.7. The van der Waals surface area contributed by atoms with Crippen LogP contribution in [0.15, 0.2) is 61.1 Å². The summed E-state index contributed by atoms with van der Waals surface area (Å²) in [6.07, 6.45) is 5.08. The number of nitrogens with one attached hydrogen (secondary N) is 1. The van der Waals surface area contributed by atoms with Crippen molar-refractivity contribution < 1.29 is 4.92 Å². The molecule has 0 fully saturated rings. The normalized spacial score (nSPS) is 11.9. The summed E-state index contributed by atoms with van der Waals surface area (Å²) in [4.78, 5) is 13.9. The van der Waals surface area contributed by atoms with Crippen LogP contribution >= 0.6 is 0 Å². The predicted octanol–water partition coefficient (Wildman–Crippen LogP) is 3.35. The van der Waals surface area contributed by atoms with Crippen molar-refractivity contribution in [2.45, 2.75) is 13.0 Å². The fourth-order valence-electron chi connectivity index (χ4n) is 2.27. The molecule has 3 rings (SSSR count). The molecule has 0 bridgehead atoms. The molecule has 7 heteroatoms. The van der Waals surface area contributed by atoms with Crippen LogP contribution in [0.2, 0.25) is 0 Å². The fourth-order valence-corrected chi connectivity index (χ4v) is 2.27. The Morgan fingerprint density at radius 2 is 2.13 bits per heavy atom. The fraction of sp³-hybridized carbons (Fsp3) is 0.125. The van der Waals surface area contributed by atoms with E-state index in [0.29, 0.717) is 0 Å². The van der Waals surface area contributed by atoms with Gasteiger partial charge in [0, 0.05) is 24.5 Å². The van der Waals surface area contributed by atoms with E-state index in [9.17, 15) is 10.1 Å². The van der Waals surface area contributed by atoms with Gasteiger partial charge in [0.2, 0.25) is 0 Å². The summed E-state index contributed by atoms with van der Waals surface area (Å²) in [5.74, 6) is -0.163. The maximum absolute atomic E-state index is 10.6. The van der Waals surface area contributed by atoms with E-state index in [2.05, 4.69) is 15.4 Å². The SMILES string of the molecule is C[C@H](Nc1ccc([N+](=O)[O-])nc1)c1cccc(-n2cccn2)c1. The average Bonchev–Trinajstić information content (AvgIpc) is 3.10. The monoisotopic (exact) mass is 309 g/mol. The summed E-state index contributed by atoms with van der Waals surface area (Å²) in [6, 6.07) is 12.9. The summed E-state index contributed by atoms with van der Waals surface area (Å²) in [7, 11) is 0. The van der Waals surface area contributed by atoms with Crippen LogP contribution in [0.25, 0.3) is 5.69 Å². The number of hydrogen-bond donors (Lipinski definition) is 1. The highest BCUT2D eigenvalue weighted by Gasteiger charge is 2.10. The maximum Gasteiger partial charge on any atom is 0.363 e. The van der Waals surface area contributed by atoms with Crippen LogP contribution in [-0.2, 0) is 0 Å². The molecular formula is C16H15N5O2. The quantitative estimate of drug-likeness (QED) is 0.577. The van der Waals surface area contributed by atoms with Crippen molar-refractivity contribution in [2.24, 2.45) is 0 Å². The van der Waals surface area contributed by atoms with Crippen molar-refractivity contribution >= 4 is 11.5 Å². The summed E-state index contributed by atoms with van der Waals surface area (Å²) in [5, 5.41) is 18.1. The first-order valence-electron chi connectivity index (χ1n) is 7.10. The van der Waals surface area contributed by atoms with Gasteiger partial charge >= 0.3 is 5.82 Å². The topological polar surface area (TPSA) is 85.9 Å². The molecule has 0 unspecified atom stereocenters. The Hall–Kier alpha value is -3.22. The van der Waals surface area contributed by atoms with Gasteiger partial charge in [0.1, 0.15) is 0 Å². The third kappa shape index (κ3) is 3.34. The molecule has 0 aliphatic heterocycles. The Kier molecular flexibility index (Phi) is 4.01. The zero-order valence-electron chi connectivity index (χ0n) is 12.5. The van der Waals surface area contributed by atoms with Gasteiger partial charge in [-0.3, -0.25) is 0 Å². The van der Waals surface area contributed by atoms with Crippen molar-refractivity contribution in [3.63, 3.8) is 0 Å². The Morgan fingerprint density at radius 1 is 1.26 bits per heavy atom. The van der Waals surface area contributed by atoms with E-state index < -0.39 is 4.92 Å². The Bertz CT molecular complexity index is 800. The molecule has 0 aliphatic rings. The number of nitro groups is 1. The molecule has 3 aromatic rings. The van der Waals surface area contributed by atoms with E-state index in [-0.39, 0.29) is 11.9 Å². The molecule has 1 atom stereocenters. The Labute approximate surface area is 132 Å². The van der Waals surface area contributed by atoms with Crippen molar-refractivity contribution in [1.29, 1.82) is 0 Å². The number of benzene rings is 1. The van der Waals surface area contributed by atoms with E-state index in [1.165, 1.54) is 12.3 Å². The molecule has 0 amide bonds. The minimum Gasteiger partial charge on any atom is -0.375 e. The van der Waals surface area contributed by atoms with Gasteiger partial charge in [0.05, 0.1) is 11.4 Å². The van der Waals surface area contributed by atoms with Gasteiger partial charge < -0.3 is 15.4 Å². The van der Waals surface area contributed by atoms with E-state index >= 15 is 0 Å². The second-order valence-electron chi connectivity index (χ2n) is 5.07. The first-order chi connectivity index (χ1) is 11.1. The van der Waals surface area contributed by atoms with Crippen LogP contribution in [0.1, 0.15) is 18.5 Å². The molecule has 0 spiro atoms. The highest BCUT2D eigenvalue weighted by molar-refractivity contribution is 5.46. The number of nitrogens with zero attached hydrogens (tertiary/aromatic N) is 4. The predicted molar refractivity (Wildman–Crippen MR) is 86.5 cm³/mol. The van der Waals surface area contributed by atoms with Crippen molar-refractivity contribution in [1.82, 2.24) is 14.8 Å². The van der Waals surface area contributed by atoms with Crippen LogP contribution in [-0.4, -0.2) is 19.7 Å². The van der Waals surface area contributed by atoms with Gasteiger partial charge in [-0.05, 0) is 46.7 Å². The smallest absolute Gasteiger partial charge is 0.363 e. The average molecular weight is 309 g/mol. The molecule has 23 heavy (non-hydrogen) atoms. The lowest BCUT2D eigenvalue weighted by molar-refractivity contribution is -0.389. The zero-order chi connectivity index (χ0) is 16.2. The molecule has 0 radical (unpaired) electrons. The van der Waals surface area contributed by atoms with E-state index in [1.807, 2.05) is 43.5 Å². The van der Waals surface area contributed by atoms with Crippen LogP contribution in [0.3, 0.4) is 0 Å². The number of rotatable bonds is 5. The zero-order valence-corrected chi connectivity index (χ0v) is 12.5. The summed E-state index contributed by atoms with van der Waals surface area (Å²) < 4.78 is 1.80. The van der Waals surface area contributed by atoms with E-state index in [4.69, 9.17) is 0 Å². The van der Waals surface area contributed by atoms with Crippen LogP contribution < -0.4 is 5.32 Å². The van der Waals surface area contributed by atoms with E-state index in [1.54, 1.807) is 16.9 Å². The third-order valence-corrected chi connectivity index (χ3v) is 3.46. The summed E-state index contributed by atoms with van der Waals surface area (Å²) in [6.45, 7) is 2.02. The highest BCUT2D eigenvalue weighted by Crippen LogP contribution is 2.21. The van der Waals surface area contributed by atoms with Gasteiger partial charge in [0.15, 0.2) is 6.20 Å². The summed E-state index contributed by atoms with van der Waals surface area (Å²) in [5.41, 5.74) is 2.78. The molecule has 0 saturated heterocycles. The summed E-state index contributed by atoms with van der Waals surface area (Å²) >= 11 is 0. The number of aromatic nitrogens is 3. The number of anilines is 1. The minimum absolute atomic E-state index is 0.0220. The molecule has 116 valence electrons. The van der Waals surface area contributed by atoms with Gasteiger partial charge in [-0.2, -0.15) is 5.10 Å². The molecule has 1 aromatic carbocycles. The van der Waals surface area contributed by atoms with Crippen LogP contribution in [0, 0.1) is 10.1 Å². The van der Waals surface area contributed by atoms with Crippen LogP contribution in [0.5, 0.6) is 0 Å². The van der Waals surface area contributed by atoms with Gasteiger partial charge in [0.25, 0.3) is 0 Å². The molecule has 1 N–H and O–H groups in total. The second-order valence-corrected chi connectivity index (χ2v) is 5.07. The van der Waals surface area contributed by atoms with Gasteiger partial charge in [-0.15, -0.1) is 0 Å². The molecule has 0 saturated carbocycles. The lowest BCUT2D eigenvalue weighted by Gasteiger charge is -2.15. The van der Waals surface area contributed by atoms with Gasteiger partial charge in [-0.1, -0.05) is 12.1 Å². The lowest BCUT2D eigenvalue weighted by Crippen LogP contribution is -2.08. The van der Waals surface area contributed by atoms with Crippen molar-refractivity contribution in [2.75, 3.05) is 5.32 Å². The van der Waals surface area contributed by atoms with Gasteiger partial charge in [-0.25, -0.2) is 4.68 Å². The molecular weight excluding hydrogens is 294 g/mol. The highest BCUT2D eigenvalue weighted by atomic mass is 16.6. The molecule has 2 heterocycles. The number of pyridine rings is 1. The molecule has 2 aromatic heterocycles. The van der Waals surface area contributed by atoms with Crippen molar-refractivity contribution in [3.8, 4) is 5.69 Å². The minimum atomic E-state index is -0.513. The maximum atomic E-state index is 10.6. The first-order valence-corrected chi connectivity index (χ1v) is 7.10. The third-order valence-electron chi connectivity index (χ3n) is 3.46. The second kappa shape index (κ2) is 6.27. The largest absolute Gasteiger partial charge is 0.375 e. The number of hydrogen-bond acceptors (Lipinski definition) is 5. The Balaban J connectivity index is 1.76. The Morgan fingerprint density at radius 3 is 2.78 bits per heavy atom. The molecule has 0 aliphatic carbocycles. The standard InChI is InChI=1S/C16H15N5O2/c1-12(19-14-6-7-16(17-11-14)21(22)23)13-4-2-5-15(10-13)20-9-3-8-18-20/h2-12,19H,1H3/t12-/m0/s1. The van der Waals surface area contributed by atoms with Crippen molar-refractivity contribution in [3.05, 3.63) is 76.7 Å². The molecule has 7 nitrogen and oxygen atoms in total. The van der Waals surface area contributed by atoms with E-state index in [0.717, 1.165) is 16.9 Å². The van der Waals surface area contributed by atoms with Crippen LogP contribution in [0.4, 0.5) is 11.5 Å². The lowest BCUT2D eigenvalue weighted by atomic mass is 10.1.